The lowest BCUT2D eigenvalue weighted by Gasteiger charge is -2.39. The molecule has 1 spiro atoms. The Morgan fingerprint density at radius 1 is 0.917 bits per heavy atom. The minimum absolute atomic E-state index is 0.182. The number of piperidine rings is 1. The molecule has 2 N–H and O–H groups in total. The second-order valence-electron chi connectivity index (χ2n) is 11.1. The van der Waals surface area contributed by atoms with Gasteiger partial charge in [-0.1, -0.05) is 12.1 Å². The maximum absolute atomic E-state index is 13.3. The van der Waals surface area contributed by atoms with Crippen LogP contribution >= 0.6 is 0 Å². The van der Waals surface area contributed by atoms with Crippen molar-refractivity contribution in [1.29, 1.82) is 0 Å². The van der Waals surface area contributed by atoms with Crippen LogP contribution in [-0.4, -0.2) is 73.3 Å². The van der Waals surface area contributed by atoms with Crippen LogP contribution in [0.2, 0.25) is 0 Å². The molecule has 8 nitrogen and oxygen atoms in total. The van der Waals surface area contributed by atoms with Crippen LogP contribution < -0.4 is 0 Å². The molecule has 1 aliphatic carbocycles. The van der Waals surface area contributed by atoms with Gasteiger partial charge in [-0.2, -0.15) is 0 Å². The third-order valence-corrected chi connectivity index (χ3v) is 8.32. The largest absolute Gasteiger partial charge is 0.348 e. The number of aromatic nitrogens is 4. The number of rotatable bonds is 9. The average molecular weight is 488 g/mol. The molecule has 36 heavy (non-hydrogen) atoms. The number of amides is 1. The Morgan fingerprint density at radius 2 is 1.56 bits per heavy atom. The Morgan fingerprint density at radius 3 is 2.14 bits per heavy atom. The molecular formula is C28H37N7O. The Kier molecular flexibility index (Phi) is 6.63. The van der Waals surface area contributed by atoms with Gasteiger partial charge in [-0.3, -0.25) is 9.69 Å². The predicted molar refractivity (Wildman–Crippen MR) is 138 cm³/mol. The minimum Gasteiger partial charge on any atom is -0.348 e. The SMILES string of the molecule is O=C(c1ccc(CN(Cc2ncc[nH]2)Cc2ncc[nH]2)cc1)N1CCC2(CCN(CC3CC3)CC2)C1. The zero-order valence-electron chi connectivity index (χ0n) is 21.0. The summed E-state index contributed by atoms with van der Waals surface area (Å²) >= 11 is 0. The summed E-state index contributed by atoms with van der Waals surface area (Å²) in [5, 5.41) is 0. The van der Waals surface area contributed by atoms with E-state index in [1.54, 1.807) is 12.4 Å². The molecule has 8 heteroatoms. The van der Waals surface area contributed by atoms with Crippen LogP contribution in [0.4, 0.5) is 0 Å². The minimum atomic E-state index is 0.182. The van der Waals surface area contributed by atoms with Gasteiger partial charge in [0.25, 0.3) is 5.91 Å². The van der Waals surface area contributed by atoms with Gasteiger partial charge in [0, 0.05) is 56.5 Å². The first kappa shape index (κ1) is 23.4. The summed E-state index contributed by atoms with van der Waals surface area (Å²) in [6.07, 6.45) is 13.7. The van der Waals surface area contributed by atoms with E-state index < -0.39 is 0 Å². The van der Waals surface area contributed by atoms with E-state index in [2.05, 4.69) is 46.8 Å². The van der Waals surface area contributed by atoms with Crippen LogP contribution in [0, 0.1) is 11.3 Å². The highest BCUT2D eigenvalue weighted by atomic mass is 16.2. The van der Waals surface area contributed by atoms with Crippen LogP contribution in [0.3, 0.4) is 0 Å². The van der Waals surface area contributed by atoms with Crippen LogP contribution in [0.5, 0.6) is 0 Å². The van der Waals surface area contributed by atoms with Gasteiger partial charge in [-0.15, -0.1) is 0 Å². The van der Waals surface area contributed by atoms with Crippen LogP contribution in [0.15, 0.2) is 49.1 Å². The Hall–Kier alpha value is -2.97. The van der Waals surface area contributed by atoms with E-state index >= 15 is 0 Å². The van der Waals surface area contributed by atoms with Crippen molar-refractivity contribution in [1.82, 2.24) is 34.6 Å². The summed E-state index contributed by atoms with van der Waals surface area (Å²) < 4.78 is 0. The number of aromatic amines is 2. The lowest BCUT2D eigenvalue weighted by atomic mass is 9.77. The fourth-order valence-corrected chi connectivity index (χ4v) is 5.95. The Balaban J connectivity index is 1.05. The fourth-order valence-electron chi connectivity index (χ4n) is 5.95. The number of benzene rings is 1. The molecule has 1 amide bonds. The zero-order valence-corrected chi connectivity index (χ0v) is 21.0. The van der Waals surface area contributed by atoms with E-state index in [9.17, 15) is 4.79 Å². The molecule has 2 aliphatic heterocycles. The zero-order chi connectivity index (χ0) is 24.4. The van der Waals surface area contributed by atoms with E-state index in [1.807, 2.05) is 24.5 Å². The molecule has 4 heterocycles. The van der Waals surface area contributed by atoms with Gasteiger partial charge < -0.3 is 19.8 Å². The summed E-state index contributed by atoms with van der Waals surface area (Å²) in [4.78, 5) is 35.5. The fraction of sp³-hybridized carbons (Fsp3) is 0.536. The predicted octanol–water partition coefficient (Wildman–Crippen LogP) is 3.67. The maximum Gasteiger partial charge on any atom is 0.253 e. The molecule has 0 unspecified atom stereocenters. The van der Waals surface area contributed by atoms with Crippen LogP contribution in [0.25, 0.3) is 0 Å². The molecule has 3 aliphatic rings. The van der Waals surface area contributed by atoms with Crippen molar-refractivity contribution in [2.75, 3.05) is 32.7 Å². The molecule has 3 fully saturated rings. The highest BCUT2D eigenvalue weighted by molar-refractivity contribution is 5.94. The van der Waals surface area contributed by atoms with Crippen LogP contribution in [-0.2, 0) is 19.6 Å². The van der Waals surface area contributed by atoms with Crippen molar-refractivity contribution < 1.29 is 4.79 Å². The quantitative estimate of drug-likeness (QED) is 0.481. The number of imidazole rings is 2. The monoisotopic (exact) mass is 487 g/mol. The van der Waals surface area contributed by atoms with Gasteiger partial charge in [0.05, 0.1) is 13.1 Å². The molecule has 2 saturated heterocycles. The molecule has 2 aromatic heterocycles. The van der Waals surface area contributed by atoms with E-state index in [4.69, 9.17) is 0 Å². The third-order valence-electron chi connectivity index (χ3n) is 8.32. The third kappa shape index (κ3) is 5.55. The molecule has 0 radical (unpaired) electrons. The van der Waals surface area contributed by atoms with E-state index in [0.29, 0.717) is 18.5 Å². The van der Waals surface area contributed by atoms with Crippen molar-refractivity contribution in [2.45, 2.75) is 51.7 Å². The number of likely N-dealkylation sites (tertiary alicyclic amines) is 2. The number of nitrogens with zero attached hydrogens (tertiary/aromatic N) is 5. The molecular weight excluding hydrogens is 450 g/mol. The lowest BCUT2D eigenvalue weighted by molar-refractivity contribution is 0.0716. The van der Waals surface area contributed by atoms with E-state index in [0.717, 1.165) is 49.2 Å². The standard InChI is InChI=1S/C28H37N7O/c36-27(35-16-9-28(21-35)7-14-33(15-8-28)17-22-1-2-22)24-5-3-23(4-6-24)18-34(19-25-29-10-11-30-25)20-26-31-12-13-32-26/h3-6,10-13,22H,1-2,7-9,14-21H2,(H,29,30)(H,31,32). The Labute approximate surface area is 213 Å². The highest BCUT2D eigenvalue weighted by Crippen LogP contribution is 2.41. The normalized spacial score (nSPS) is 20.0. The van der Waals surface area contributed by atoms with Gasteiger partial charge in [0.1, 0.15) is 11.6 Å². The number of hydrogen-bond donors (Lipinski definition) is 2. The van der Waals surface area contributed by atoms with Crippen molar-refractivity contribution in [3.05, 3.63) is 71.8 Å². The first-order valence-electron chi connectivity index (χ1n) is 13.4. The van der Waals surface area contributed by atoms with Crippen LogP contribution in [0.1, 0.15) is 59.7 Å². The molecule has 0 atom stereocenters. The second kappa shape index (κ2) is 10.2. The second-order valence-corrected chi connectivity index (χ2v) is 11.1. The van der Waals surface area contributed by atoms with Gasteiger partial charge in [-0.05, 0) is 74.2 Å². The van der Waals surface area contributed by atoms with E-state index in [-0.39, 0.29) is 5.91 Å². The maximum atomic E-state index is 13.3. The van der Waals surface area contributed by atoms with Gasteiger partial charge in [-0.25, -0.2) is 9.97 Å². The van der Waals surface area contributed by atoms with Gasteiger partial charge in [0.15, 0.2) is 0 Å². The molecule has 1 aromatic carbocycles. The summed E-state index contributed by atoms with van der Waals surface area (Å²) in [5.41, 5.74) is 2.31. The summed E-state index contributed by atoms with van der Waals surface area (Å²) in [5.74, 6) is 3.00. The van der Waals surface area contributed by atoms with Crippen molar-refractivity contribution in [2.24, 2.45) is 11.3 Å². The number of hydrogen-bond acceptors (Lipinski definition) is 5. The topological polar surface area (TPSA) is 84.1 Å². The van der Waals surface area contributed by atoms with E-state index in [1.165, 1.54) is 50.9 Å². The number of carbonyl (C=O) groups excluding carboxylic acids is 1. The lowest BCUT2D eigenvalue weighted by Crippen LogP contribution is -2.42. The first-order chi connectivity index (χ1) is 17.6. The molecule has 3 aromatic rings. The highest BCUT2D eigenvalue weighted by Gasteiger charge is 2.42. The number of carbonyl (C=O) groups is 1. The molecule has 0 bridgehead atoms. The number of H-pyrrole nitrogens is 2. The smallest absolute Gasteiger partial charge is 0.253 e. The van der Waals surface area contributed by atoms with Gasteiger partial charge >= 0.3 is 0 Å². The summed E-state index contributed by atoms with van der Waals surface area (Å²) in [6.45, 7) is 7.67. The Bertz CT molecular complexity index is 1080. The van der Waals surface area contributed by atoms with Crippen molar-refractivity contribution in [3.63, 3.8) is 0 Å². The summed E-state index contributed by atoms with van der Waals surface area (Å²) in [7, 11) is 0. The average Bonchev–Trinajstić information content (AvgIpc) is 3.26. The molecule has 1 saturated carbocycles. The molecule has 190 valence electrons. The van der Waals surface area contributed by atoms with Crippen molar-refractivity contribution >= 4 is 5.91 Å². The molecule has 6 rings (SSSR count). The summed E-state index contributed by atoms with van der Waals surface area (Å²) in [6, 6.07) is 8.18. The first-order valence-corrected chi connectivity index (χ1v) is 13.4. The number of nitrogens with one attached hydrogen (secondary N) is 2. The van der Waals surface area contributed by atoms with Crippen molar-refractivity contribution in [3.8, 4) is 0 Å². The van der Waals surface area contributed by atoms with Gasteiger partial charge in [0.2, 0.25) is 0 Å².